The van der Waals surface area contributed by atoms with Gasteiger partial charge in [0.15, 0.2) is 0 Å². The molecule has 0 heterocycles. The molecular formula is C14H25NO4. The van der Waals surface area contributed by atoms with Crippen molar-refractivity contribution >= 4 is 18.2 Å². The number of amides is 1. The van der Waals surface area contributed by atoms with Gasteiger partial charge in [-0.25, -0.2) is 0 Å². The van der Waals surface area contributed by atoms with Gasteiger partial charge in [0, 0.05) is 6.42 Å². The van der Waals surface area contributed by atoms with E-state index in [-0.39, 0.29) is 18.7 Å². The number of hydrogen-bond acceptors (Lipinski definition) is 3. The summed E-state index contributed by atoms with van der Waals surface area (Å²) in [5, 5.41) is 11.0. The zero-order chi connectivity index (χ0) is 14.5. The third-order valence-electron chi connectivity index (χ3n) is 2.95. The molecule has 0 aliphatic rings. The second-order valence-corrected chi connectivity index (χ2v) is 4.76. The van der Waals surface area contributed by atoms with Crippen molar-refractivity contribution in [3.05, 3.63) is 0 Å². The van der Waals surface area contributed by atoms with Crippen LogP contribution < -0.4 is 5.32 Å². The zero-order valence-electron chi connectivity index (χ0n) is 11.7. The van der Waals surface area contributed by atoms with Gasteiger partial charge in [-0.1, -0.05) is 45.4 Å². The fraction of sp³-hybridized carbons (Fsp3) is 0.786. The Morgan fingerprint density at radius 1 is 1.11 bits per heavy atom. The zero-order valence-corrected chi connectivity index (χ0v) is 11.7. The van der Waals surface area contributed by atoms with E-state index in [4.69, 9.17) is 5.11 Å². The van der Waals surface area contributed by atoms with Crippen molar-refractivity contribution in [1.82, 2.24) is 5.32 Å². The minimum absolute atomic E-state index is 0.0732. The minimum atomic E-state index is -1.01. The van der Waals surface area contributed by atoms with Crippen LogP contribution in [0.5, 0.6) is 0 Å². The summed E-state index contributed by atoms with van der Waals surface area (Å²) in [5.41, 5.74) is 0. The van der Waals surface area contributed by atoms with Crippen LogP contribution in [0.25, 0.3) is 0 Å². The Balaban J connectivity index is 3.67. The smallest absolute Gasteiger partial charge is 0.303 e. The first-order chi connectivity index (χ1) is 9.10. The lowest BCUT2D eigenvalue weighted by Gasteiger charge is -2.12. The van der Waals surface area contributed by atoms with Crippen LogP contribution in [-0.4, -0.2) is 29.3 Å². The summed E-state index contributed by atoms with van der Waals surface area (Å²) in [4.78, 5) is 32.5. The van der Waals surface area contributed by atoms with Gasteiger partial charge >= 0.3 is 5.97 Å². The predicted octanol–water partition coefficient (Wildman–Crippen LogP) is 2.29. The highest BCUT2D eigenvalue weighted by molar-refractivity contribution is 5.82. The maximum atomic E-state index is 11.4. The van der Waals surface area contributed by atoms with Crippen molar-refractivity contribution in [1.29, 1.82) is 0 Å². The number of carboxylic acids is 1. The summed E-state index contributed by atoms with van der Waals surface area (Å²) in [7, 11) is 0. The Hall–Kier alpha value is -1.39. The molecule has 0 aromatic rings. The second kappa shape index (κ2) is 11.7. The molecule has 0 bridgehead atoms. The molecule has 1 atom stereocenters. The lowest BCUT2D eigenvalue weighted by atomic mass is 10.1. The molecule has 2 N–H and O–H groups in total. The molecule has 1 unspecified atom stereocenters. The summed E-state index contributed by atoms with van der Waals surface area (Å²) in [6.07, 6.45) is 7.88. The van der Waals surface area contributed by atoms with E-state index in [1.54, 1.807) is 0 Å². The summed E-state index contributed by atoms with van der Waals surface area (Å²) in [6.45, 7) is 2.16. The number of carboxylic acid groups (broad SMARTS) is 1. The van der Waals surface area contributed by atoms with Gasteiger partial charge in [0.05, 0.1) is 12.5 Å². The van der Waals surface area contributed by atoms with Gasteiger partial charge < -0.3 is 15.2 Å². The second-order valence-electron chi connectivity index (χ2n) is 4.76. The molecule has 1 amide bonds. The molecule has 19 heavy (non-hydrogen) atoms. The normalized spacial score (nSPS) is 11.8. The molecule has 5 nitrogen and oxygen atoms in total. The molecular weight excluding hydrogens is 246 g/mol. The highest BCUT2D eigenvalue weighted by Gasteiger charge is 2.11. The first-order valence-electron chi connectivity index (χ1n) is 7.06. The molecule has 0 saturated carbocycles. The maximum Gasteiger partial charge on any atom is 0.303 e. The molecule has 0 radical (unpaired) electrons. The number of aliphatic carboxylic acids is 1. The Labute approximate surface area is 114 Å². The van der Waals surface area contributed by atoms with E-state index >= 15 is 0 Å². The Morgan fingerprint density at radius 3 is 2.32 bits per heavy atom. The highest BCUT2D eigenvalue weighted by atomic mass is 16.4. The van der Waals surface area contributed by atoms with Gasteiger partial charge in [-0.3, -0.25) is 9.59 Å². The lowest BCUT2D eigenvalue weighted by Crippen LogP contribution is -2.36. The summed E-state index contributed by atoms with van der Waals surface area (Å²) < 4.78 is 0. The van der Waals surface area contributed by atoms with Gasteiger partial charge in [0.2, 0.25) is 5.91 Å². The van der Waals surface area contributed by atoms with Crippen molar-refractivity contribution in [2.45, 2.75) is 70.8 Å². The molecule has 0 aromatic heterocycles. The van der Waals surface area contributed by atoms with Crippen molar-refractivity contribution in [3.63, 3.8) is 0 Å². The van der Waals surface area contributed by atoms with Gasteiger partial charge in [0.1, 0.15) is 6.29 Å². The van der Waals surface area contributed by atoms with Crippen LogP contribution in [0.2, 0.25) is 0 Å². The lowest BCUT2D eigenvalue weighted by molar-refractivity contribution is -0.138. The maximum absolute atomic E-state index is 11.4. The number of carbonyl (C=O) groups is 3. The van der Waals surface area contributed by atoms with Gasteiger partial charge in [-0.05, 0) is 6.42 Å². The minimum Gasteiger partial charge on any atom is -0.481 e. The van der Waals surface area contributed by atoms with Crippen molar-refractivity contribution < 1.29 is 19.5 Å². The van der Waals surface area contributed by atoms with E-state index in [0.29, 0.717) is 6.42 Å². The van der Waals surface area contributed by atoms with Crippen molar-refractivity contribution in [3.8, 4) is 0 Å². The monoisotopic (exact) mass is 271 g/mol. The number of aldehydes is 1. The first-order valence-corrected chi connectivity index (χ1v) is 7.06. The Morgan fingerprint density at radius 2 is 1.74 bits per heavy atom. The third kappa shape index (κ3) is 11.4. The van der Waals surface area contributed by atoms with Gasteiger partial charge in [-0.2, -0.15) is 0 Å². The molecule has 0 rings (SSSR count). The Kier molecular flexibility index (Phi) is 10.8. The molecule has 5 heteroatoms. The summed E-state index contributed by atoms with van der Waals surface area (Å²) >= 11 is 0. The van der Waals surface area contributed by atoms with E-state index in [1.165, 1.54) is 19.3 Å². The Bertz CT molecular complexity index is 279. The standard InChI is InChI=1S/C14H25NO4/c1-2-3-4-5-6-7-8-12(11-16)15-13(17)9-10-14(18)19/h11-12H,2-10H2,1H3,(H,15,17)(H,18,19). The van der Waals surface area contributed by atoms with Crippen molar-refractivity contribution in [2.24, 2.45) is 0 Å². The summed E-state index contributed by atoms with van der Waals surface area (Å²) in [6, 6.07) is -0.479. The number of carbonyl (C=O) groups excluding carboxylic acids is 2. The van der Waals surface area contributed by atoms with E-state index in [9.17, 15) is 14.4 Å². The average Bonchev–Trinajstić information content (AvgIpc) is 2.39. The highest BCUT2D eigenvalue weighted by Crippen LogP contribution is 2.08. The van der Waals surface area contributed by atoms with Crippen LogP contribution in [-0.2, 0) is 14.4 Å². The largest absolute Gasteiger partial charge is 0.481 e. The molecule has 0 aliphatic heterocycles. The third-order valence-corrected chi connectivity index (χ3v) is 2.95. The SMILES string of the molecule is CCCCCCCCC(C=O)NC(=O)CCC(=O)O. The summed E-state index contributed by atoms with van der Waals surface area (Å²) in [5.74, 6) is -1.38. The number of nitrogens with one attached hydrogen (secondary N) is 1. The van der Waals surface area contributed by atoms with Crippen LogP contribution in [0, 0.1) is 0 Å². The van der Waals surface area contributed by atoms with Crippen LogP contribution in [0.4, 0.5) is 0 Å². The topological polar surface area (TPSA) is 83.5 Å². The van der Waals surface area contributed by atoms with E-state index in [2.05, 4.69) is 12.2 Å². The molecule has 0 aromatic carbocycles. The fourth-order valence-corrected chi connectivity index (χ4v) is 1.82. The molecule has 0 spiro atoms. The predicted molar refractivity (Wildman–Crippen MR) is 72.9 cm³/mol. The molecule has 0 aliphatic carbocycles. The number of hydrogen-bond donors (Lipinski definition) is 2. The number of unbranched alkanes of at least 4 members (excludes halogenated alkanes) is 5. The van der Waals surface area contributed by atoms with E-state index < -0.39 is 12.0 Å². The van der Waals surface area contributed by atoms with E-state index in [0.717, 1.165) is 25.5 Å². The fourth-order valence-electron chi connectivity index (χ4n) is 1.82. The number of rotatable bonds is 12. The molecule has 110 valence electrons. The van der Waals surface area contributed by atoms with Crippen LogP contribution in [0.3, 0.4) is 0 Å². The van der Waals surface area contributed by atoms with Crippen molar-refractivity contribution in [2.75, 3.05) is 0 Å². The quantitative estimate of drug-likeness (QED) is 0.421. The van der Waals surface area contributed by atoms with Crippen LogP contribution >= 0.6 is 0 Å². The van der Waals surface area contributed by atoms with E-state index in [1.807, 2.05) is 0 Å². The van der Waals surface area contributed by atoms with Gasteiger partial charge in [0.25, 0.3) is 0 Å². The first kappa shape index (κ1) is 17.6. The van der Waals surface area contributed by atoms with Crippen LogP contribution in [0.15, 0.2) is 0 Å². The van der Waals surface area contributed by atoms with Crippen LogP contribution in [0.1, 0.15) is 64.7 Å². The average molecular weight is 271 g/mol. The van der Waals surface area contributed by atoms with Gasteiger partial charge in [-0.15, -0.1) is 0 Å². The molecule has 0 fully saturated rings. The molecule has 0 saturated heterocycles.